The lowest BCUT2D eigenvalue weighted by molar-refractivity contribution is 0.0689. The van der Waals surface area contributed by atoms with Crippen LogP contribution in [0.1, 0.15) is 34.7 Å². The summed E-state index contributed by atoms with van der Waals surface area (Å²) in [5, 5.41) is 11.3. The topological polar surface area (TPSA) is 88.5 Å². The number of carbonyl (C=O) groups is 2. The smallest absolute Gasteiger partial charge is 0.354 e. The largest absolute Gasteiger partial charge is 0.477 e. The molecule has 0 saturated carbocycles. The van der Waals surface area contributed by atoms with Crippen LogP contribution in [0.5, 0.6) is 0 Å². The number of carbonyl (C=O) groups excluding carboxylic acids is 1. The normalized spacial score (nSPS) is 10.4. The first-order chi connectivity index (χ1) is 8.50. The fourth-order valence-electron chi connectivity index (χ4n) is 1.22. The lowest BCUT2D eigenvalue weighted by atomic mass is 10.2. The summed E-state index contributed by atoms with van der Waals surface area (Å²) in [6.45, 7) is 4.66. The van der Waals surface area contributed by atoms with E-state index in [2.05, 4.69) is 10.3 Å². The van der Waals surface area contributed by atoms with Gasteiger partial charge in [0.05, 0.1) is 18.3 Å². The predicted octanol–water partition coefficient (Wildman–Crippen LogP) is 0.935. The first-order valence-corrected chi connectivity index (χ1v) is 5.60. The van der Waals surface area contributed by atoms with Crippen molar-refractivity contribution in [2.75, 3.05) is 13.2 Å². The third-order valence-electron chi connectivity index (χ3n) is 2.08. The van der Waals surface area contributed by atoms with Crippen LogP contribution in [0.4, 0.5) is 0 Å². The summed E-state index contributed by atoms with van der Waals surface area (Å²) < 4.78 is 5.27. The van der Waals surface area contributed by atoms with Crippen LogP contribution in [0.3, 0.4) is 0 Å². The Balaban J connectivity index is 2.44. The van der Waals surface area contributed by atoms with Gasteiger partial charge in [-0.05, 0) is 26.0 Å². The van der Waals surface area contributed by atoms with Crippen molar-refractivity contribution >= 4 is 11.9 Å². The second kappa shape index (κ2) is 6.70. The van der Waals surface area contributed by atoms with Crippen LogP contribution in [0.25, 0.3) is 0 Å². The zero-order valence-corrected chi connectivity index (χ0v) is 10.3. The number of amides is 1. The fraction of sp³-hybridized carbons (Fsp3) is 0.417. The van der Waals surface area contributed by atoms with E-state index in [1.807, 2.05) is 13.8 Å². The molecule has 0 aromatic carbocycles. The fourth-order valence-corrected chi connectivity index (χ4v) is 1.22. The molecule has 1 aromatic rings. The summed E-state index contributed by atoms with van der Waals surface area (Å²) in [6.07, 6.45) is 1.36. The number of nitrogens with zero attached hydrogens (tertiary/aromatic N) is 1. The zero-order valence-electron chi connectivity index (χ0n) is 10.3. The Morgan fingerprint density at radius 3 is 2.67 bits per heavy atom. The Kier molecular flexibility index (Phi) is 5.26. The van der Waals surface area contributed by atoms with E-state index in [-0.39, 0.29) is 17.7 Å². The van der Waals surface area contributed by atoms with Crippen molar-refractivity contribution in [1.29, 1.82) is 0 Å². The van der Waals surface area contributed by atoms with Crippen LogP contribution in [0.2, 0.25) is 0 Å². The highest BCUT2D eigenvalue weighted by Gasteiger charge is 2.08. The SMILES string of the molecule is CC(C)OCCNC(=O)c1ccc(C(=O)O)nc1. The molecule has 0 spiro atoms. The van der Waals surface area contributed by atoms with Gasteiger partial charge >= 0.3 is 5.97 Å². The molecule has 1 aromatic heterocycles. The van der Waals surface area contributed by atoms with Crippen LogP contribution in [0.15, 0.2) is 18.3 Å². The lowest BCUT2D eigenvalue weighted by Crippen LogP contribution is -2.28. The third-order valence-corrected chi connectivity index (χ3v) is 2.08. The van der Waals surface area contributed by atoms with Crippen LogP contribution < -0.4 is 5.32 Å². The molecule has 6 nitrogen and oxygen atoms in total. The number of carboxylic acids is 1. The average Bonchev–Trinajstić information content (AvgIpc) is 2.34. The zero-order chi connectivity index (χ0) is 13.5. The molecule has 0 bridgehead atoms. The van der Waals surface area contributed by atoms with Gasteiger partial charge in [0.2, 0.25) is 0 Å². The monoisotopic (exact) mass is 252 g/mol. The maximum absolute atomic E-state index is 11.6. The van der Waals surface area contributed by atoms with Crippen LogP contribution >= 0.6 is 0 Å². The van der Waals surface area contributed by atoms with Crippen molar-refractivity contribution in [2.45, 2.75) is 20.0 Å². The van der Waals surface area contributed by atoms with Gasteiger partial charge in [0, 0.05) is 12.7 Å². The number of ether oxygens (including phenoxy) is 1. The van der Waals surface area contributed by atoms with Gasteiger partial charge in [-0.2, -0.15) is 0 Å². The molecule has 0 unspecified atom stereocenters. The second-order valence-corrected chi connectivity index (χ2v) is 3.91. The molecule has 0 saturated heterocycles. The molecule has 18 heavy (non-hydrogen) atoms. The Hall–Kier alpha value is -1.95. The quantitative estimate of drug-likeness (QED) is 0.735. The summed E-state index contributed by atoms with van der Waals surface area (Å²) in [7, 11) is 0. The van der Waals surface area contributed by atoms with Gasteiger partial charge in [0.15, 0.2) is 0 Å². The molecule has 6 heteroatoms. The van der Waals surface area contributed by atoms with Gasteiger partial charge < -0.3 is 15.2 Å². The van der Waals surface area contributed by atoms with E-state index in [1.165, 1.54) is 18.3 Å². The third kappa shape index (κ3) is 4.50. The molecular weight excluding hydrogens is 236 g/mol. The molecule has 1 rings (SSSR count). The summed E-state index contributed by atoms with van der Waals surface area (Å²) in [5.41, 5.74) is 0.235. The number of nitrogens with one attached hydrogen (secondary N) is 1. The summed E-state index contributed by atoms with van der Waals surface area (Å²) >= 11 is 0. The number of hydrogen-bond donors (Lipinski definition) is 2. The van der Waals surface area contributed by atoms with Crippen molar-refractivity contribution in [2.24, 2.45) is 0 Å². The van der Waals surface area contributed by atoms with E-state index in [1.54, 1.807) is 0 Å². The molecular formula is C12H16N2O4. The van der Waals surface area contributed by atoms with Crippen molar-refractivity contribution in [3.05, 3.63) is 29.6 Å². The number of aromatic nitrogens is 1. The Morgan fingerprint density at radius 2 is 2.17 bits per heavy atom. The van der Waals surface area contributed by atoms with Gasteiger partial charge in [-0.3, -0.25) is 4.79 Å². The second-order valence-electron chi connectivity index (χ2n) is 3.91. The van der Waals surface area contributed by atoms with Crippen LogP contribution in [-0.4, -0.2) is 41.2 Å². The average molecular weight is 252 g/mol. The number of rotatable bonds is 6. The van der Waals surface area contributed by atoms with Crippen molar-refractivity contribution < 1.29 is 19.4 Å². The molecule has 1 amide bonds. The molecule has 0 fully saturated rings. The minimum Gasteiger partial charge on any atom is -0.477 e. The van der Waals surface area contributed by atoms with E-state index in [0.717, 1.165) is 0 Å². The van der Waals surface area contributed by atoms with Gasteiger partial charge in [-0.1, -0.05) is 0 Å². The summed E-state index contributed by atoms with van der Waals surface area (Å²) in [5.74, 6) is -1.42. The van der Waals surface area contributed by atoms with Gasteiger partial charge in [0.25, 0.3) is 5.91 Å². The van der Waals surface area contributed by atoms with Crippen molar-refractivity contribution in [3.8, 4) is 0 Å². The van der Waals surface area contributed by atoms with Crippen LogP contribution in [0, 0.1) is 0 Å². The summed E-state index contributed by atoms with van der Waals surface area (Å²) in [4.78, 5) is 25.9. The first kappa shape index (κ1) is 14.1. The Bertz CT molecular complexity index is 415. The summed E-state index contributed by atoms with van der Waals surface area (Å²) in [6, 6.07) is 2.72. The molecule has 0 aliphatic heterocycles. The minimum atomic E-state index is -1.12. The highest BCUT2D eigenvalue weighted by molar-refractivity contribution is 5.94. The first-order valence-electron chi connectivity index (χ1n) is 5.60. The molecule has 1 heterocycles. The molecule has 98 valence electrons. The molecule has 0 atom stereocenters. The number of pyridine rings is 1. The molecule has 2 N–H and O–H groups in total. The van der Waals surface area contributed by atoms with E-state index in [4.69, 9.17) is 9.84 Å². The highest BCUT2D eigenvalue weighted by atomic mass is 16.5. The Morgan fingerprint density at radius 1 is 1.44 bits per heavy atom. The van der Waals surface area contributed by atoms with Gasteiger partial charge in [0.1, 0.15) is 5.69 Å². The van der Waals surface area contributed by atoms with Crippen molar-refractivity contribution in [3.63, 3.8) is 0 Å². The number of aromatic carboxylic acids is 1. The maximum atomic E-state index is 11.6. The number of hydrogen-bond acceptors (Lipinski definition) is 4. The Labute approximate surface area is 105 Å². The van der Waals surface area contributed by atoms with E-state index in [0.29, 0.717) is 18.7 Å². The maximum Gasteiger partial charge on any atom is 0.354 e. The molecule has 0 aliphatic carbocycles. The molecule has 0 aliphatic rings. The number of carboxylic acid groups (broad SMARTS) is 1. The highest BCUT2D eigenvalue weighted by Crippen LogP contribution is 2.00. The van der Waals surface area contributed by atoms with Gasteiger partial charge in [-0.15, -0.1) is 0 Å². The van der Waals surface area contributed by atoms with E-state index < -0.39 is 5.97 Å². The predicted molar refractivity (Wildman–Crippen MR) is 64.6 cm³/mol. The standard InChI is InChI=1S/C12H16N2O4/c1-8(2)18-6-5-13-11(15)9-3-4-10(12(16)17)14-7-9/h3-4,7-8H,5-6H2,1-2H3,(H,13,15)(H,16,17). The van der Waals surface area contributed by atoms with Gasteiger partial charge in [-0.25, -0.2) is 9.78 Å². The molecule has 0 radical (unpaired) electrons. The minimum absolute atomic E-state index is 0.0882. The van der Waals surface area contributed by atoms with Crippen LogP contribution in [-0.2, 0) is 4.74 Å². The van der Waals surface area contributed by atoms with Crippen molar-refractivity contribution in [1.82, 2.24) is 10.3 Å². The van der Waals surface area contributed by atoms with E-state index in [9.17, 15) is 9.59 Å². The lowest BCUT2D eigenvalue weighted by Gasteiger charge is -2.08. The van der Waals surface area contributed by atoms with E-state index >= 15 is 0 Å².